The molecular formula is C14H21N3O3. The maximum Gasteiger partial charge on any atom is 0.258 e. The second-order valence-electron chi connectivity index (χ2n) is 4.49. The number of primary amides is 1. The van der Waals surface area contributed by atoms with E-state index in [1.165, 1.54) is 12.1 Å². The predicted molar refractivity (Wildman–Crippen MR) is 77.4 cm³/mol. The number of carbonyl (C=O) groups is 2. The molecule has 5 N–H and O–H groups in total. The lowest BCUT2D eigenvalue weighted by atomic mass is 10.1. The molecule has 0 saturated heterocycles. The number of nitrogens with two attached hydrogens (primary N) is 2. The van der Waals surface area contributed by atoms with Gasteiger partial charge in [0.15, 0.2) is 6.61 Å². The molecule has 0 aromatic heterocycles. The highest BCUT2D eigenvalue weighted by atomic mass is 16.5. The third-order valence-corrected chi connectivity index (χ3v) is 2.98. The zero-order chi connectivity index (χ0) is 15.1. The van der Waals surface area contributed by atoms with Crippen molar-refractivity contribution in [2.24, 2.45) is 5.73 Å². The van der Waals surface area contributed by atoms with Crippen LogP contribution in [0, 0.1) is 0 Å². The minimum atomic E-state index is -0.646. The molecule has 1 aromatic rings. The minimum Gasteiger partial charge on any atom is -0.483 e. The number of rotatable bonds is 7. The van der Waals surface area contributed by atoms with Gasteiger partial charge in [0.25, 0.3) is 11.8 Å². The SMILES string of the molecule is CCC(CC)NC(=O)COc1ccc(N)cc1C(N)=O. The van der Waals surface area contributed by atoms with Crippen LogP contribution in [0.15, 0.2) is 18.2 Å². The molecule has 0 atom stereocenters. The first-order valence-electron chi connectivity index (χ1n) is 6.59. The fraction of sp³-hybridized carbons (Fsp3) is 0.429. The van der Waals surface area contributed by atoms with Crippen molar-refractivity contribution in [1.82, 2.24) is 5.32 Å². The normalized spacial score (nSPS) is 10.3. The van der Waals surface area contributed by atoms with Gasteiger partial charge < -0.3 is 21.5 Å². The van der Waals surface area contributed by atoms with Crippen LogP contribution in [-0.4, -0.2) is 24.5 Å². The molecule has 0 saturated carbocycles. The van der Waals surface area contributed by atoms with Crippen molar-refractivity contribution in [3.8, 4) is 5.75 Å². The van der Waals surface area contributed by atoms with Crippen LogP contribution in [0.25, 0.3) is 0 Å². The van der Waals surface area contributed by atoms with E-state index in [-0.39, 0.29) is 29.9 Å². The molecular weight excluding hydrogens is 258 g/mol. The molecule has 1 rings (SSSR count). The van der Waals surface area contributed by atoms with Gasteiger partial charge in [0.2, 0.25) is 0 Å². The van der Waals surface area contributed by atoms with Gasteiger partial charge in [0, 0.05) is 11.7 Å². The summed E-state index contributed by atoms with van der Waals surface area (Å²) in [6.07, 6.45) is 1.72. The Kier molecular flexibility index (Phi) is 5.83. The number of nitrogen functional groups attached to an aromatic ring is 1. The van der Waals surface area contributed by atoms with Crippen LogP contribution in [-0.2, 0) is 4.79 Å². The van der Waals surface area contributed by atoms with Crippen molar-refractivity contribution >= 4 is 17.5 Å². The van der Waals surface area contributed by atoms with Gasteiger partial charge in [-0.05, 0) is 31.0 Å². The molecule has 0 aliphatic carbocycles. The van der Waals surface area contributed by atoms with Crippen LogP contribution in [0.1, 0.15) is 37.0 Å². The number of anilines is 1. The van der Waals surface area contributed by atoms with Crippen molar-refractivity contribution in [2.45, 2.75) is 32.7 Å². The zero-order valence-corrected chi connectivity index (χ0v) is 11.8. The topological polar surface area (TPSA) is 107 Å². The molecule has 0 unspecified atom stereocenters. The van der Waals surface area contributed by atoms with Gasteiger partial charge in [-0.25, -0.2) is 0 Å². The van der Waals surface area contributed by atoms with E-state index in [1.54, 1.807) is 6.07 Å². The summed E-state index contributed by atoms with van der Waals surface area (Å²) < 4.78 is 5.34. The third kappa shape index (κ3) is 4.46. The van der Waals surface area contributed by atoms with Gasteiger partial charge in [0.05, 0.1) is 5.56 Å². The average molecular weight is 279 g/mol. The van der Waals surface area contributed by atoms with Gasteiger partial charge in [-0.1, -0.05) is 13.8 Å². The third-order valence-electron chi connectivity index (χ3n) is 2.98. The largest absolute Gasteiger partial charge is 0.483 e. The van der Waals surface area contributed by atoms with Gasteiger partial charge in [-0.2, -0.15) is 0 Å². The average Bonchev–Trinajstić information content (AvgIpc) is 2.43. The first-order valence-corrected chi connectivity index (χ1v) is 6.59. The fourth-order valence-corrected chi connectivity index (χ4v) is 1.77. The quantitative estimate of drug-likeness (QED) is 0.648. The number of amides is 2. The zero-order valence-electron chi connectivity index (χ0n) is 11.8. The van der Waals surface area contributed by atoms with E-state index in [0.717, 1.165) is 12.8 Å². The van der Waals surface area contributed by atoms with Crippen LogP contribution in [0.4, 0.5) is 5.69 Å². The Bertz CT molecular complexity index is 485. The van der Waals surface area contributed by atoms with E-state index < -0.39 is 5.91 Å². The molecule has 0 aliphatic rings. The molecule has 0 heterocycles. The van der Waals surface area contributed by atoms with E-state index in [1.807, 2.05) is 13.8 Å². The summed E-state index contributed by atoms with van der Waals surface area (Å²) in [4.78, 5) is 23.0. The standard InChI is InChI=1S/C14H21N3O3/c1-3-10(4-2)17-13(18)8-20-12-6-5-9(15)7-11(12)14(16)19/h5-7,10H,3-4,8,15H2,1-2H3,(H2,16,19)(H,17,18). The van der Waals surface area contributed by atoms with Crippen molar-refractivity contribution < 1.29 is 14.3 Å². The highest BCUT2D eigenvalue weighted by molar-refractivity contribution is 5.96. The Morgan fingerprint density at radius 2 is 1.95 bits per heavy atom. The number of carbonyl (C=O) groups excluding carboxylic acids is 2. The summed E-state index contributed by atoms with van der Waals surface area (Å²) in [5.41, 5.74) is 11.4. The monoisotopic (exact) mass is 279 g/mol. The molecule has 1 aromatic carbocycles. The van der Waals surface area contributed by atoms with E-state index in [0.29, 0.717) is 5.69 Å². The molecule has 0 fully saturated rings. The molecule has 0 aliphatic heterocycles. The highest BCUT2D eigenvalue weighted by Gasteiger charge is 2.13. The summed E-state index contributed by atoms with van der Waals surface area (Å²) >= 11 is 0. The highest BCUT2D eigenvalue weighted by Crippen LogP contribution is 2.20. The van der Waals surface area contributed by atoms with Crippen molar-refractivity contribution in [3.63, 3.8) is 0 Å². The summed E-state index contributed by atoms with van der Waals surface area (Å²) in [6.45, 7) is 3.83. The summed E-state index contributed by atoms with van der Waals surface area (Å²) in [6, 6.07) is 4.67. The van der Waals surface area contributed by atoms with Gasteiger partial charge >= 0.3 is 0 Å². The summed E-state index contributed by atoms with van der Waals surface area (Å²) in [7, 11) is 0. The number of hydrogen-bond acceptors (Lipinski definition) is 4. The second kappa shape index (κ2) is 7.37. The molecule has 20 heavy (non-hydrogen) atoms. The predicted octanol–water partition coefficient (Wildman–Crippen LogP) is 1.05. The lowest BCUT2D eigenvalue weighted by molar-refractivity contribution is -0.123. The molecule has 0 radical (unpaired) electrons. The maximum atomic E-state index is 11.7. The maximum absolute atomic E-state index is 11.7. The minimum absolute atomic E-state index is 0.133. The molecule has 0 bridgehead atoms. The van der Waals surface area contributed by atoms with Crippen LogP contribution < -0.4 is 21.5 Å². The van der Waals surface area contributed by atoms with Crippen molar-refractivity contribution in [1.29, 1.82) is 0 Å². The Morgan fingerprint density at radius 3 is 2.50 bits per heavy atom. The summed E-state index contributed by atoms with van der Waals surface area (Å²) in [5.74, 6) is -0.620. The van der Waals surface area contributed by atoms with E-state index >= 15 is 0 Å². The lowest BCUT2D eigenvalue weighted by Crippen LogP contribution is -2.37. The Balaban J connectivity index is 2.66. The Labute approximate surface area is 118 Å². The Hall–Kier alpha value is -2.24. The van der Waals surface area contributed by atoms with E-state index in [2.05, 4.69) is 5.32 Å². The van der Waals surface area contributed by atoms with Gasteiger partial charge in [-0.15, -0.1) is 0 Å². The first-order chi connectivity index (χ1) is 9.47. The van der Waals surface area contributed by atoms with Crippen LogP contribution in [0.5, 0.6) is 5.75 Å². The molecule has 6 heteroatoms. The van der Waals surface area contributed by atoms with Crippen LogP contribution in [0.2, 0.25) is 0 Å². The smallest absolute Gasteiger partial charge is 0.258 e. The first kappa shape index (κ1) is 15.8. The molecule has 2 amide bonds. The number of benzene rings is 1. The van der Waals surface area contributed by atoms with Crippen molar-refractivity contribution in [3.05, 3.63) is 23.8 Å². The second-order valence-corrected chi connectivity index (χ2v) is 4.49. The van der Waals surface area contributed by atoms with Gasteiger partial charge in [-0.3, -0.25) is 9.59 Å². The molecule has 6 nitrogen and oxygen atoms in total. The lowest BCUT2D eigenvalue weighted by Gasteiger charge is -2.15. The Morgan fingerprint density at radius 1 is 1.30 bits per heavy atom. The number of nitrogens with one attached hydrogen (secondary N) is 1. The fourth-order valence-electron chi connectivity index (χ4n) is 1.77. The van der Waals surface area contributed by atoms with Crippen LogP contribution in [0.3, 0.4) is 0 Å². The number of hydrogen-bond donors (Lipinski definition) is 3. The van der Waals surface area contributed by atoms with E-state index in [4.69, 9.17) is 16.2 Å². The van der Waals surface area contributed by atoms with Gasteiger partial charge in [0.1, 0.15) is 5.75 Å². The molecule has 0 spiro atoms. The van der Waals surface area contributed by atoms with E-state index in [9.17, 15) is 9.59 Å². The molecule has 110 valence electrons. The van der Waals surface area contributed by atoms with Crippen LogP contribution >= 0.6 is 0 Å². The summed E-state index contributed by atoms with van der Waals surface area (Å²) in [5, 5.41) is 2.84. The number of ether oxygens (including phenoxy) is 1. The van der Waals surface area contributed by atoms with Crippen molar-refractivity contribution in [2.75, 3.05) is 12.3 Å².